The zero-order valence-electron chi connectivity index (χ0n) is 15.9. The first-order valence-corrected chi connectivity index (χ1v) is 10.9. The van der Waals surface area contributed by atoms with Crippen LogP contribution in [-0.4, -0.2) is 14.3 Å². The second kappa shape index (κ2) is 9.22. The number of halogens is 1. The van der Waals surface area contributed by atoms with Crippen LogP contribution in [0.3, 0.4) is 0 Å². The van der Waals surface area contributed by atoms with E-state index in [0.717, 1.165) is 16.7 Å². The van der Waals surface area contributed by atoms with Gasteiger partial charge in [-0.3, -0.25) is 4.79 Å². The average molecular weight is 429 g/mol. The Morgan fingerprint density at radius 3 is 2.34 bits per heavy atom. The summed E-state index contributed by atoms with van der Waals surface area (Å²) < 4.78 is 27.9. The Kier molecular flexibility index (Phi) is 6.69. The summed E-state index contributed by atoms with van der Waals surface area (Å²) >= 11 is 6.11. The molecule has 5 nitrogen and oxygen atoms in total. The first-order chi connectivity index (χ1) is 13.9. The third kappa shape index (κ3) is 5.44. The van der Waals surface area contributed by atoms with Crippen molar-refractivity contribution in [2.75, 3.05) is 0 Å². The molecule has 0 aromatic heterocycles. The number of benzene rings is 3. The van der Waals surface area contributed by atoms with E-state index in [1.54, 1.807) is 0 Å². The molecule has 150 valence electrons. The van der Waals surface area contributed by atoms with Crippen molar-refractivity contribution in [1.82, 2.24) is 10.0 Å². The van der Waals surface area contributed by atoms with Gasteiger partial charge in [0.25, 0.3) is 5.91 Å². The zero-order chi connectivity index (χ0) is 20.9. The molecule has 2 N–H and O–H groups in total. The van der Waals surface area contributed by atoms with Gasteiger partial charge >= 0.3 is 0 Å². The minimum atomic E-state index is -3.88. The summed E-state index contributed by atoms with van der Waals surface area (Å²) in [7, 11) is -3.88. The molecule has 0 aliphatic rings. The Labute approximate surface area is 175 Å². The van der Waals surface area contributed by atoms with Crippen LogP contribution < -0.4 is 10.0 Å². The zero-order valence-corrected chi connectivity index (χ0v) is 17.4. The van der Waals surface area contributed by atoms with Crippen LogP contribution >= 0.6 is 11.6 Å². The molecular weight excluding hydrogens is 408 g/mol. The second-order valence-electron chi connectivity index (χ2n) is 6.56. The fourth-order valence-corrected chi connectivity index (χ4v) is 4.33. The third-order valence-corrected chi connectivity index (χ3v) is 6.38. The van der Waals surface area contributed by atoms with Crippen LogP contribution in [0.2, 0.25) is 5.02 Å². The molecule has 0 bridgehead atoms. The number of hydrogen-bond acceptors (Lipinski definition) is 3. The number of carbonyl (C=O) groups excluding carboxylic acids is 1. The van der Waals surface area contributed by atoms with Crippen LogP contribution in [0.25, 0.3) is 0 Å². The molecule has 0 saturated heterocycles. The van der Waals surface area contributed by atoms with Gasteiger partial charge in [0.05, 0.1) is 5.02 Å². The van der Waals surface area contributed by atoms with Crippen molar-refractivity contribution in [3.63, 3.8) is 0 Å². The third-order valence-electron chi connectivity index (χ3n) is 4.49. The highest BCUT2D eigenvalue weighted by atomic mass is 35.5. The summed E-state index contributed by atoms with van der Waals surface area (Å²) in [6, 6.07) is 21.1. The molecule has 29 heavy (non-hydrogen) atoms. The van der Waals surface area contributed by atoms with E-state index in [1.165, 1.54) is 18.2 Å². The highest BCUT2D eigenvalue weighted by molar-refractivity contribution is 7.89. The van der Waals surface area contributed by atoms with Gasteiger partial charge < -0.3 is 5.32 Å². The van der Waals surface area contributed by atoms with E-state index >= 15 is 0 Å². The maximum atomic E-state index is 12.7. The summed E-state index contributed by atoms with van der Waals surface area (Å²) in [5.74, 6) is -0.371. The second-order valence-corrected chi connectivity index (χ2v) is 8.71. The van der Waals surface area contributed by atoms with Crippen LogP contribution in [0.1, 0.15) is 27.0 Å². The van der Waals surface area contributed by atoms with Crippen LogP contribution in [-0.2, 0) is 23.1 Å². The van der Waals surface area contributed by atoms with Crippen LogP contribution in [0.4, 0.5) is 0 Å². The Morgan fingerprint density at radius 2 is 1.62 bits per heavy atom. The normalized spacial score (nSPS) is 11.2. The largest absolute Gasteiger partial charge is 0.348 e. The van der Waals surface area contributed by atoms with Gasteiger partial charge in [0.15, 0.2) is 0 Å². The van der Waals surface area contributed by atoms with Crippen molar-refractivity contribution in [2.45, 2.75) is 24.9 Å². The van der Waals surface area contributed by atoms with Gasteiger partial charge in [-0.25, -0.2) is 13.1 Å². The molecule has 3 aromatic carbocycles. The summed E-state index contributed by atoms with van der Waals surface area (Å²) in [4.78, 5) is 12.4. The molecular formula is C22H21ClN2O3S. The summed E-state index contributed by atoms with van der Waals surface area (Å²) in [5.41, 5.74) is 3.10. The summed E-state index contributed by atoms with van der Waals surface area (Å²) in [6.07, 6.45) is 0. The molecule has 0 unspecified atom stereocenters. The Morgan fingerprint density at radius 1 is 0.931 bits per heavy atom. The number of nitrogens with one attached hydrogen (secondary N) is 2. The van der Waals surface area contributed by atoms with Crippen molar-refractivity contribution in [3.8, 4) is 0 Å². The van der Waals surface area contributed by atoms with Crippen LogP contribution in [0.5, 0.6) is 0 Å². The molecule has 0 radical (unpaired) electrons. The number of amides is 1. The van der Waals surface area contributed by atoms with Crippen molar-refractivity contribution < 1.29 is 13.2 Å². The first-order valence-electron chi connectivity index (χ1n) is 9.02. The summed E-state index contributed by atoms with van der Waals surface area (Å²) in [5, 5.41) is 2.87. The van der Waals surface area contributed by atoms with Crippen molar-refractivity contribution in [3.05, 3.63) is 100 Å². The van der Waals surface area contributed by atoms with Crippen molar-refractivity contribution in [1.29, 1.82) is 0 Å². The molecule has 1 amide bonds. The minimum absolute atomic E-state index is 0.0565. The lowest BCUT2D eigenvalue weighted by molar-refractivity contribution is 0.0950. The van der Waals surface area contributed by atoms with Gasteiger partial charge in [-0.2, -0.15) is 0 Å². The average Bonchev–Trinajstić information content (AvgIpc) is 2.72. The van der Waals surface area contributed by atoms with E-state index in [0.29, 0.717) is 6.54 Å². The standard InChI is InChI=1S/C22H21ClN2O3S/c1-16-7-5-6-10-19(16)15-24-22(26)18-11-12-20(23)21(13-18)29(27,28)25-14-17-8-3-2-4-9-17/h2-13,25H,14-15H2,1H3,(H,24,26). The fraction of sp³-hybridized carbons (Fsp3) is 0.136. The molecule has 3 rings (SSSR count). The molecule has 0 spiro atoms. The van der Waals surface area contributed by atoms with E-state index in [1.807, 2.05) is 61.5 Å². The van der Waals surface area contributed by atoms with E-state index in [2.05, 4.69) is 10.0 Å². The number of carbonyl (C=O) groups is 1. The highest BCUT2D eigenvalue weighted by Crippen LogP contribution is 2.23. The first kappa shape index (κ1) is 21.0. The SMILES string of the molecule is Cc1ccccc1CNC(=O)c1ccc(Cl)c(S(=O)(=O)NCc2ccccc2)c1. The number of sulfonamides is 1. The predicted octanol–water partition coefficient (Wildman–Crippen LogP) is 4.06. The Balaban J connectivity index is 1.74. The summed E-state index contributed by atoms with van der Waals surface area (Å²) in [6.45, 7) is 2.44. The van der Waals surface area contributed by atoms with Gasteiger partial charge in [-0.05, 0) is 41.8 Å². The molecule has 7 heteroatoms. The molecule has 0 atom stereocenters. The molecule has 0 aliphatic heterocycles. The van der Waals surface area contributed by atoms with E-state index in [4.69, 9.17) is 11.6 Å². The van der Waals surface area contributed by atoms with Crippen LogP contribution in [0.15, 0.2) is 77.7 Å². The smallest absolute Gasteiger partial charge is 0.251 e. The number of hydrogen-bond donors (Lipinski definition) is 2. The van der Waals surface area contributed by atoms with E-state index in [9.17, 15) is 13.2 Å². The Bertz CT molecular complexity index is 1120. The maximum absolute atomic E-state index is 12.7. The number of aryl methyl sites for hydroxylation is 1. The molecule has 3 aromatic rings. The van der Waals surface area contributed by atoms with Gasteiger partial charge in [-0.15, -0.1) is 0 Å². The fourth-order valence-electron chi connectivity index (χ4n) is 2.79. The Hall–Kier alpha value is -2.67. The number of rotatable bonds is 7. The molecule has 0 aliphatic carbocycles. The molecule has 0 saturated carbocycles. The van der Waals surface area contributed by atoms with E-state index in [-0.39, 0.29) is 27.9 Å². The van der Waals surface area contributed by atoms with Gasteiger partial charge in [0, 0.05) is 18.7 Å². The quantitative estimate of drug-likeness (QED) is 0.596. The van der Waals surface area contributed by atoms with Gasteiger partial charge in [0.1, 0.15) is 4.90 Å². The topological polar surface area (TPSA) is 75.3 Å². The van der Waals surface area contributed by atoms with Gasteiger partial charge in [0.2, 0.25) is 10.0 Å². The lowest BCUT2D eigenvalue weighted by Gasteiger charge is -2.11. The maximum Gasteiger partial charge on any atom is 0.251 e. The van der Waals surface area contributed by atoms with Crippen molar-refractivity contribution in [2.24, 2.45) is 0 Å². The van der Waals surface area contributed by atoms with Crippen molar-refractivity contribution >= 4 is 27.5 Å². The lowest BCUT2D eigenvalue weighted by atomic mass is 10.1. The highest BCUT2D eigenvalue weighted by Gasteiger charge is 2.20. The van der Waals surface area contributed by atoms with Crippen LogP contribution in [0, 0.1) is 6.92 Å². The molecule has 0 heterocycles. The monoisotopic (exact) mass is 428 g/mol. The molecule has 0 fully saturated rings. The lowest BCUT2D eigenvalue weighted by Crippen LogP contribution is -2.26. The minimum Gasteiger partial charge on any atom is -0.348 e. The van der Waals surface area contributed by atoms with E-state index < -0.39 is 10.0 Å². The van der Waals surface area contributed by atoms with Gasteiger partial charge in [-0.1, -0.05) is 66.2 Å². The predicted molar refractivity (Wildman–Crippen MR) is 114 cm³/mol.